The molecule has 1 aromatic heterocycles. The summed E-state index contributed by atoms with van der Waals surface area (Å²) in [6.07, 6.45) is 3.40. The van der Waals surface area contributed by atoms with Gasteiger partial charge in [-0.2, -0.15) is 5.26 Å². The minimum atomic E-state index is -0.0770. The van der Waals surface area contributed by atoms with Crippen LogP contribution >= 0.6 is 0 Å². The number of hydrogen-bond donors (Lipinski definition) is 0. The molecule has 0 amide bonds. The first-order chi connectivity index (χ1) is 14.6. The van der Waals surface area contributed by atoms with Crippen molar-refractivity contribution in [3.05, 3.63) is 108 Å². The molecule has 0 saturated carbocycles. The molecule has 1 aliphatic rings. The van der Waals surface area contributed by atoms with Gasteiger partial charge in [0.05, 0.1) is 16.9 Å². The Hall–Kier alpha value is -3.90. The standard InChI is InChI=1S/C27H21N3/c1-27(2)23-10-3-5-12-25(23)30(26-13-6-4-11-24(26)27)22-9-7-8-20(15-22)21-14-19(16-28)17-29-18-21/h3-15,17-18H,1-2H3. The highest BCUT2D eigenvalue weighted by atomic mass is 15.2. The van der Waals surface area contributed by atoms with Gasteiger partial charge in [0.1, 0.15) is 6.07 Å². The number of pyridine rings is 1. The van der Waals surface area contributed by atoms with Gasteiger partial charge in [0, 0.05) is 29.1 Å². The van der Waals surface area contributed by atoms with Gasteiger partial charge in [0.15, 0.2) is 0 Å². The predicted molar refractivity (Wildman–Crippen MR) is 121 cm³/mol. The average molecular weight is 387 g/mol. The van der Waals surface area contributed by atoms with E-state index in [1.165, 1.54) is 22.5 Å². The number of rotatable bonds is 2. The second-order valence-electron chi connectivity index (χ2n) is 8.12. The molecule has 0 saturated heterocycles. The molecule has 0 fully saturated rings. The fourth-order valence-corrected chi connectivity index (χ4v) is 4.43. The zero-order valence-corrected chi connectivity index (χ0v) is 17.0. The summed E-state index contributed by atoms with van der Waals surface area (Å²) in [5.74, 6) is 0. The van der Waals surface area contributed by atoms with E-state index in [-0.39, 0.29) is 5.41 Å². The number of aromatic nitrogens is 1. The zero-order chi connectivity index (χ0) is 20.7. The maximum atomic E-state index is 9.24. The lowest BCUT2D eigenvalue weighted by atomic mass is 9.73. The Kier molecular flexibility index (Phi) is 4.15. The fourth-order valence-electron chi connectivity index (χ4n) is 4.43. The molecule has 3 nitrogen and oxygen atoms in total. The molecule has 3 aromatic carbocycles. The summed E-state index contributed by atoms with van der Waals surface area (Å²) in [5, 5.41) is 9.24. The van der Waals surface area contributed by atoms with Crippen molar-refractivity contribution < 1.29 is 0 Å². The van der Waals surface area contributed by atoms with Crippen LogP contribution in [0.1, 0.15) is 30.5 Å². The van der Waals surface area contributed by atoms with Crippen LogP contribution in [-0.4, -0.2) is 4.98 Å². The number of fused-ring (bicyclic) bond motifs is 2. The van der Waals surface area contributed by atoms with E-state index < -0.39 is 0 Å². The number of nitrogens with zero attached hydrogens (tertiary/aromatic N) is 3. The summed E-state index contributed by atoms with van der Waals surface area (Å²) < 4.78 is 0. The molecule has 30 heavy (non-hydrogen) atoms. The van der Waals surface area contributed by atoms with Gasteiger partial charge in [-0.15, -0.1) is 0 Å². The first-order valence-electron chi connectivity index (χ1n) is 10.0. The highest BCUT2D eigenvalue weighted by Crippen LogP contribution is 2.51. The van der Waals surface area contributed by atoms with Gasteiger partial charge in [-0.25, -0.2) is 0 Å². The average Bonchev–Trinajstić information content (AvgIpc) is 2.80. The van der Waals surface area contributed by atoms with Gasteiger partial charge in [0.2, 0.25) is 0 Å². The van der Waals surface area contributed by atoms with Crippen LogP contribution in [0, 0.1) is 11.3 Å². The zero-order valence-electron chi connectivity index (χ0n) is 17.0. The van der Waals surface area contributed by atoms with Crippen molar-refractivity contribution in [2.75, 3.05) is 4.90 Å². The topological polar surface area (TPSA) is 39.9 Å². The first kappa shape index (κ1) is 18.1. The third kappa shape index (κ3) is 2.77. The molecule has 2 heterocycles. The number of benzene rings is 3. The SMILES string of the molecule is CC1(C)c2ccccc2N(c2cccc(-c3cncc(C#N)c3)c2)c2ccccc21. The normalized spacial score (nSPS) is 13.8. The molecule has 0 bridgehead atoms. The van der Waals surface area contributed by atoms with Crippen LogP contribution in [0.15, 0.2) is 91.3 Å². The van der Waals surface area contributed by atoms with Crippen molar-refractivity contribution in [2.24, 2.45) is 0 Å². The summed E-state index contributed by atoms with van der Waals surface area (Å²) in [6, 6.07) is 29.7. The largest absolute Gasteiger partial charge is 0.310 e. The Morgan fingerprint density at radius 3 is 2.10 bits per heavy atom. The smallest absolute Gasteiger partial charge is 0.101 e. The van der Waals surface area contributed by atoms with E-state index in [1.54, 1.807) is 12.4 Å². The van der Waals surface area contributed by atoms with Crippen LogP contribution in [0.3, 0.4) is 0 Å². The summed E-state index contributed by atoms with van der Waals surface area (Å²) >= 11 is 0. The third-order valence-corrected chi connectivity index (χ3v) is 5.94. The van der Waals surface area contributed by atoms with E-state index in [0.29, 0.717) is 5.56 Å². The van der Waals surface area contributed by atoms with Gasteiger partial charge < -0.3 is 4.90 Å². The predicted octanol–water partition coefficient (Wildman–Crippen LogP) is 6.73. The lowest BCUT2D eigenvalue weighted by molar-refractivity contribution is 0.632. The number of anilines is 3. The molecule has 1 aliphatic heterocycles. The molecule has 0 radical (unpaired) electrons. The minimum Gasteiger partial charge on any atom is -0.310 e. The van der Waals surface area contributed by atoms with E-state index in [4.69, 9.17) is 0 Å². The lowest BCUT2D eigenvalue weighted by Gasteiger charge is -2.42. The van der Waals surface area contributed by atoms with Crippen LogP contribution in [0.25, 0.3) is 11.1 Å². The van der Waals surface area contributed by atoms with E-state index in [9.17, 15) is 5.26 Å². The van der Waals surface area contributed by atoms with Crippen molar-refractivity contribution >= 4 is 17.1 Å². The summed E-state index contributed by atoms with van der Waals surface area (Å²) in [7, 11) is 0. The van der Waals surface area contributed by atoms with E-state index in [1.807, 2.05) is 6.07 Å². The van der Waals surface area contributed by atoms with Crippen LogP contribution in [0.5, 0.6) is 0 Å². The highest BCUT2D eigenvalue weighted by Gasteiger charge is 2.36. The van der Waals surface area contributed by atoms with Gasteiger partial charge in [-0.3, -0.25) is 4.98 Å². The molecule has 144 valence electrons. The molecule has 5 rings (SSSR count). The van der Waals surface area contributed by atoms with Crippen LogP contribution in [0.4, 0.5) is 17.1 Å². The van der Waals surface area contributed by atoms with E-state index >= 15 is 0 Å². The third-order valence-electron chi connectivity index (χ3n) is 5.94. The van der Waals surface area contributed by atoms with Crippen molar-refractivity contribution in [2.45, 2.75) is 19.3 Å². The minimum absolute atomic E-state index is 0.0770. The molecule has 0 aliphatic carbocycles. The second-order valence-corrected chi connectivity index (χ2v) is 8.12. The lowest BCUT2D eigenvalue weighted by Crippen LogP contribution is -2.30. The first-order valence-corrected chi connectivity index (χ1v) is 10.0. The molecule has 4 aromatic rings. The van der Waals surface area contributed by atoms with Crippen molar-refractivity contribution in [1.82, 2.24) is 4.98 Å². The van der Waals surface area contributed by atoms with Crippen molar-refractivity contribution in [3.63, 3.8) is 0 Å². The number of para-hydroxylation sites is 2. The van der Waals surface area contributed by atoms with Gasteiger partial charge >= 0.3 is 0 Å². The highest BCUT2D eigenvalue weighted by molar-refractivity contribution is 5.87. The number of hydrogen-bond acceptors (Lipinski definition) is 3. The molecule has 0 spiro atoms. The molecule has 0 unspecified atom stereocenters. The Labute approximate surface area is 176 Å². The molecule has 3 heteroatoms. The number of nitriles is 1. The van der Waals surface area contributed by atoms with Gasteiger partial charge in [-0.1, -0.05) is 62.4 Å². The van der Waals surface area contributed by atoms with Crippen molar-refractivity contribution in [1.29, 1.82) is 5.26 Å². The molecular formula is C27H21N3. The fraction of sp³-hybridized carbons (Fsp3) is 0.111. The quantitative estimate of drug-likeness (QED) is 0.383. The summed E-state index contributed by atoms with van der Waals surface area (Å²) in [6.45, 7) is 4.58. The molecule has 0 atom stereocenters. The monoisotopic (exact) mass is 387 g/mol. The maximum Gasteiger partial charge on any atom is 0.101 e. The van der Waals surface area contributed by atoms with Crippen LogP contribution < -0.4 is 4.90 Å². The van der Waals surface area contributed by atoms with Crippen LogP contribution in [-0.2, 0) is 5.41 Å². The van der Waals surface area contributed by atoms with E-state index in [2.05, 4.69) is 103 Å². The Bertz CT molecular complexity index is 1250. The summed E-state index contributed by atoms with van der Waals surface area (Å²) in [4.78, 5) is 6.56. The van der Waals surface area contributed by atoms with Crippen molar-refractivity contribution in [3.8, 4) is 17.2 Å². The second kappa shape index (κ2) is 6.86. The Morgan fingerprint density at radius 1 is 0.767 bits per heavy atom. The molecular weight excluding hydrogens is 366 g/mol. The van der Waals surface area contributed by atoms with Crippen LogP contribution in [0.2, 0.25) is 0 Å². The van der Waals surface area contributed by atoms with E-state index in [0.717, 1.165) is 16.8 Å². The maximum absolute atomic E-state index is 9.24. The Balaban J connectivity index is 1.71. The van der Waals surface area contributed by atoms with Gasteiger partial charge in [0.25, 0.3) is 0 Å². The summed E-state index contributed by atoms with van der Waals surface area (Å²) in [5.41, 5.74) is 8.56. The Morgan fingerprint density at radius 2 is 1.43 bits per heavy atom. The molecule has 0 N–H and O–H groups in total. The van der Waals surface area contributed by atoms with Gasteiger partial charge in [-0.05, 0) is 47.0 Å².